The van der Waals surface area contributed by atoms with Gasteiger partial charge in [-0.3, -0.25) is 9.69 Å². The van der Waals surface area contributed by atoms with Gasteiger partial charge in [0, 0.05) is 31.7 Å². The van der Waals surface area contributed by atoms with Crippen molar-refractivity contribution in [1.29, 1.82) is 0 Å². The predicted octanol–water partition coefficient (Wildman–Crippen LogP) is 2.50. The summed E-state index contributed by atoms with van der Waals surface area (Å²) in [4.78, 5) is 19.1. The Hall–Kier alpha value is -2.80. The average Bonchev–Trinajstić information content (AvgIpc) is 3.27. The fourth-order valence-corrected chi connectivity index (χ4v) is 3.72. The average molecular weight is 412 g/mol. The molecular weight excluding hydrogens is 378 g/mol. The van der Waals surface area contributed by atoms with Gasteiger partial charge >= 0.3 is 0 Å². The predicted molar refractivity (Wildman–Crippen MR) is 119 cm³/mol. The molecule has 1 aromatic carbocycles. The minimum atomic E-state index is -0.130. The van der Waals surface area contributed by atoms with E-state index in [1.54, 1.807) is 12.3 Å². The number of carbonyl (C=O) groups excluding carboxylic acids is 1. The Kier molecular flexibility index (Phi) is 8.32. The normalized spacial score (nSPS) is 20.0. The molecule has 3 N–H and O–H groups in total. The highest BCUT2D eigenvalue weighted by molar-refractivity contribution is 5.85. The molecule has 2 unspecified atom stereocenters. The van der Waals surface area contributed by atoms with Gasteiger partial charge in [0.2, 0.25) is 5.91 Å². The van der Waals surface area contributed by atoms with Crippen LogP contribution in [0.5, 0.6) is 0 Å². The van der Waals surface area contributed by atoms with Gasteiger partial charge in [-0.2, -0.15) is 0 Å². The first-order chi connectivity index (χ1) is 14.6. The number of nitrogens with zero attached hydrogens (tertiary/aromatic N) is 2. The number of piperidine rings is 1. The molecule has 1 saturated heterocycles. The van der Waals surface area contributed by atoms with Crippen LogP contribution in [0, 0.1) is 0 Å². The maximum atomic E-state index is 12.1. The minimum absolute atomic E-state index is 0.0818. The summed E-state index contributed by atoms with van der Waals surface area (Å²) in [6.07, 6.45) is 3.69. The summed E-state index contributed by atoms with van der Waals surface area (Å²) in [6, 6.07) is 15.1. The monoisotopic (exact) mass is 411 g/mol. The number of guanidine groups is 1. The summed E-state index contributed by atoms with van der Waals surface area (Å²) in [6.45, 7) is 7.54. The van der Waals surface area contributed by atoms with E-state index in [-0.39, 0.29) is 12.5 Å². The van der Waals surface area contributed by atoms with Crippen molar-refractivity contribution < 1.29 is 9.21 Å². The van der Waals surface area contributed by atoms with E-state index in [0.29, 0.717) is 24.6 Å². The zero-order valence-electron chi connectivity index (χ0n) is 17.9. The lowest BCUT2D eigenvalue weighted by molar-refractivity contribution is -0.119. The molecule has 7 heteroatoms. The first-order valence-electron chi connectivity index (χ1n) is 10.8. The van der Waals surface area contributed by atoms with Gasteiger partial charge in [-0.05, 0) is 44.4 Å². The number of likely N-dealkylation sites (tertiary alicyclic amines) is 1. The number of benzene rings is 1. The number of furan rings is 1. The number of hydrogen-bond donors (Lipinski definition) is 3. The lowest BCUT2D eigenvalue weighted by atomic mass is 9.97. The van der Waals surface area contributed by atoms with Crippen LogP contribution in [0.4, 0.5) is 0 Å². The third-order valence-electron chi connectivity index (χ3n) is 5.35. The smallest absolute Gasteiger partial charge is 0.242 e. The van der Waals surface area contributed by atoms with Crippen LogP contribution in [0.3, 0.4) is 0 Å². The molecule has 1 aromatic heterocycles. The SMILES string of the molecule is CCNC(=NCC(=O)NCc1ccco1)NC1CCN(Cc2ccccc2)C(C)C1. The molecule has 2 aromatic rings. The molecule has 162 valence electrons. The van der Waals surface area contributed by atoms with E-state index in [4.69, 9.17) is 4.42 Å². The zero-order valence-corrected chi connectivity index (χ0v) is 17.9. The summed E-state index contributed by atoms with van der Waals surface area (Å²) in [5.74, 6) is 1.29. The summed E-state index contributed by atoms with van der Waals surface area (Å²) in [5, 5.41) is 9.58. The van der Waals surface area contributed by atoms with E-state index in [9.17, 15) is 4.79 Å². The molecule has 2 heterocycles. The molecule has 30 heavy (non-hydrogen) atoms. The van der Waals surface area contributed by atoms with Gasteiger partial charge < -0.3 is 20.4 Å². The van der Waals surface area contributed by atoms with Gasteiger partial charge in [-0.25, -0.2) is 4.99 Å². The van der Waals surface area contributed by atoms with Crippen LogP contribution in [0.1, 0.15) is 38.0 Å². The van der Waals surface area contributed by atoms with Crippen LogP contribution < -0.4 is 16.0 Å². The fraction of sp³-hybridized carbons (Fsp3) is 0.478. The minimum Gasteiger partial charge on any atom is -0.467 e. The Morgan fingerprint density at radius 2 is 2.03 bits per heavy atom. The highest BCUT2D eigenvalue weighted by Gasteiger charge is 2.26. The number of amides is 1. The fourth-order valence-electron chi connectivity index (χ4n) is 3.72. The maximum absolute atomic E-state index is 12.1. The molecule has 1 fully saturated rings. The van der Waals surface area contributed by atoms with Crippen molar-refractivity contribution in [1.82, 2.24) is 20.9 Å². The Balaban J connectivity index is 1.46. The molecule has 2 atom stereocenters. The van der Waals surface area contributed by atoms with Gasteiger partial charge in [-0.1, -0.05) is 30.3 Å². The molecular formula is C23H33N5O2. The third kappa shape index (κ3) is 6.91. The zero-order chi connectivity index (χ0) is 21.2. The van der Waals surface area contributed by atoms with Crippen LogP contribution in [-0.2, 0) is 17.9 Å². The summed E-state index contributed by atoms with van der Waals surface area (Å²) in [5.41, 5.74) is 1.35. The van der Waals surface area contributed by atoms with Crippen LogP contribution in [0.2, 0.25) is 0 Å². The number of rotatable bonds is 8. The molecule has 0 saturated carbocycles. The van der Waals surface area contributed by atoms with Gasteiger partial charge in [0.25, 0.3) is 0 Å². The lowest BCUT2D eigenvalue weighted by Crippen LogP contribution is -2.51. The molecule has 1 aliphatic heterocycles. The van der Waals surface area contributed by atoms with E-state index < -0.39 is 0 Å². The second-order valence-electron chi connectivity index (χ2n) is 7.72. The number of aliphatic imine (C=N–C) groups is 1. The largest absolute Gasteiger partial charge is 0.467 e. The highest BCUT2D eigenvalue weighted by Crippen LogP contribution is 2.19. The molecule has 0 aliphatic carbocycles. The van der Waals surface area contributed by atoms with E-state index in [2.05, 4.69) is 63.1 Å². The first-order valence-corrected chi connectivity index (χ1v) is 10.8. The van der Waals surface area contributed by atoms with Crippen molar-refractivity contribution in [2.75, 3.05) is 19.6 Å². The lowest BCUT2D eigenvalue weighted by Gasteiger charge is -2.38. The first kappa shape index (κ1) is 21.9. The van der Waals surface area contributed by atoms with Gasteiger partial charge in [0.15, 0.2) is 5.96 Å². The van der Waals surface area contributed by atoms with Crippen LogP contribution in [-0.4, -0.2) is 48.5 Å². The number of hydrogen-bond acceptors (Lipinski definition) is 4. The number of nitrogens with one attached hydrogen (secondary N) is 3. The summed E-state index contributed by atoms with van der Waals surface area (Å²) in [7, 11) is 0. The Labute approximate surface area is 178 Å². The molecule has 1 amide bonds. The standard InChI is InChI=1S/C23H33N5O2/c1-3-24-23(26-16-22(29)25-15-21-10-7-13-30-21)27-20-11-12-28(18(2)14-20)17-19-8-5-4-6-9-19/h4-10,13,18,20H,3,11-12,14-17H2,1-2H3,(H,25,29)(H2,24,26,27). The van der Waals surface area contributed by atoms with Crippen LogP contribution in [0.25, 0.3) is 0 Å². The third-order valence-corrected chi connectivity index (χ3v) is 5.35. The van der Waals surface area contributed by atoms with Crippen molar-refractivity contribution in [3.8, 4) is 0 Å². The van der Waals surface area contributed by atoms with Crippen molar-refractivity contribution in [2.45, 2.75) is 51.9 Å². The molecule has 1 aliphatic rings. The molecule has 0 radical (unpaired) electrons. The van der Waals surface area contributed by atoms with Crippen molar-refractivity contribution >= 4 is 11.9 Å². The topological polar surface area (TPSA) is 81.9 Å². The number of carbonyl (C=O) groups is 1. The Morgan fingerprint density at radius 3 is 2.73 bits per heavy atom. The van der Waals surface area contributed by atoms with Gasteiger partial charge in [0.05, 0.1) is 12.8 Å². The van der Waals surface area contributed by atoms with Crippen molar-refractivity contribution in [3.05, 3.63) is 60.1 Å². The molecule has 7 nitrogen and oxygen atoms in total. The molecule has 3 rings (SSSR count). The molecule has 0 bridgehead atoms. The summed E-state index contributed by atoms with van der Waals surface area (Å²) < 4.78 is 5.23. The van der Waals surface area contributed by atoms with E-state index in [0.717, 1.165) is 38.2 Å². The van der Waals surface area contributed by atoms with E-state index in [1.165, 1.54) is 5.56 Å². The van der Waals surface area contributed by atoms with Gasteiger partial charge in [0.1, 0.15) is 12.3 Å². The maximum Gasteiger partial charge on any atom is 0.242 e. The van der Waals surface area contributed by atoms with E-state index >= 15 is 0 Å². The Morgan fingerprint density at radius 1 is 1.20 bits per heavy atom. The Bertz CT molecular complexity index is 791. The van der Waals surface area contributed by atoms with Crippen LogP contribution >= 0.6 is 0 Å². The summed E-state index contributed by atoms with van der Waals surface area (Å²) >= 11 is 0. The van der Waals surface area contributed by atoms with Crippen LogP contribution in [0.15, 0.2) is 58.1 Å². The van der Waals surface area contributed by atoms with E-state index in [1.807, 2.05) is 13.0 Å². The molecule has 0 spiro atoms. The van der Waals surface area contributed by atoms with Crippen molar-refractivity contribution in [3.63, 3.8) is 0 Å². The highest BCUT2D eigenvalue weighted by atomic mass is 16.3. The second-order valence-corrected chi connectivity index (χ2v) is 7.72. The van der Waals surface area contributed by atoms with Crippen molar-refractivity contribution in [2.24, 2.45) is 4.99 Å². The second kappa shape index (κ2) is 11.4. The quantitative estimate of drug-likeness (QED) is 0.459. The van der Waals surface area contributed by atoms with Gasteiger partial charge in [-0.15, -0.1) is 0 Å².